The van der Waals surface area contributed by atoms with E-state index in [1.165, 1.54) is 0 Å². The predicted octanol–water partition coefficient (Wildman–Crippen LogP) is 4.88. The first-order valence-corrected chi connectivity index (χ1v) is 12.9. The van der Waals surface area contributed by atoms with Gasteiger partial charge in [0.15, 0.2) is 5.11 Å². The molecule has 0 radical (unpaired) electrons. The Labute approximate surface area is 192 Å². The third-order valence-corrected chi connectivity index (χ3v) is 7.72. The van der Waals surface area contributed by atoms with Crippen LogP contribution >= 0.6 is 12.2 Å². The predicted molar refractivity (Wildman–Crippen MR) is 132 cm³/mol. The van der Waals surface area contributed by atoms with E-state index in [1.54, 1.807) is 24.3 Å². The fourth-order valence-corrected chi connectivity index (χ4v) is 5.59. The average Bonchev–Trinajstić information content (AvgIpc) is 2.78. The molecule has 2 N–H and O–H groups in total. The molecule has 1 fully saturated rings. The van der Waals surface area contributed by atoms with E-state index in [4.69, 9.17) is 12.2 Å². The second-order valence-electron chi connectivity index (χ2n) is 8.59. The largest absolute Gasteiger partial charge is 0.346 e. The maximum Gasteiger partial charge on any atom is 0.240 e. The lowest BCUT2D eigenvalue weighted by Gasteiger charge is -2.36. The first-order chi connectivity index (χ1) is 14.8. The summed E-state index contributed by atoms with van der Waals surface area (Å²) in [7, 11) is -3.43. The molecule has 31 heavy (non-hydrogen) atoms. The van der Waals surface area contributed by atoms with Crippen LogP contribution in [0, 0.1) is 11.8 Å². The average molecular weight is 460 g/mol. The molecule has 2 aromatic carbocycles. The van der Waals surface area contributed by atoms with Crippen molar-refractivity contribution in [1.82, 2.24) is 9.62 Å². The molecule has 3 rings (SSSR count). The Hall–Kier alpha value is -1.96. The lowest BCUT2D eigenvalue weighted by atomic mass is 9.82. The van der Waals surface area contributed by atoms with E-state index in [-0.39, 0.29) is 0 Å². The molecule has 0 amide bonds. The molecule has 1 aliphatic carbocycles. The second kappa shape index (κ2) is 11.1. The molecular weight excluding hydrogens is 426 g/mol. The molecule has 0 heterocycles. The maximum atomic E-state index is 12.4. The zero-order valence-corrected chi connectivity index (χ0v) is 20.0. The van der Waals surface area contributed by atoms with Gasteiger partial charge in [0, 0.05) is 24.8 Å². The third-order valence-electron chi connectivity index (χ3n) is 5.95. The van der Waals surface area contributed by atoms with Crippen LogP contribution in [0.5, 0.6) is 0 Å². The van der Waals surface area contributed by atoms with Crippen molar-refractivity contribution in [2.45, 2.75) is 50.5 Å². The van der Waals surface area contributed by atoms with Crippen molar-refractivity contribution in [3.8, 4) is 0 Å². The summed E-state index contributed by atoms with van der Waals surface area (Å²) in [4.78, 5) is 2.60. The summed E-state index contributed by atoms with van der Waals surface area (Å²) in [6, 6.07) is 18.9. The van der Waals surface area contributed by atoms with E-state index in [9.17, 15) is 8.42 Å². The Bertz CT molecular complexity index is 926. The molecule has 0 spiro atoms. The number of para-hydroxylation sites is 1. The van der Waals surface area contributed by atoms with Crippen LogP contribution < -0.4 is 10.0 Å². The van der Waals surface area contributed by atoms with Crippen LogP contribution in [0.15, 0.2) is 65.6 Å². The topological polar surface area (TPSA) is 61.4 Å². The minimum Gasteiger partial charge on any atom is -0.346 e. The summed E-state index contributed by atoms with van der Waals surface area (Å²) < 4.78 is 27.7. The standard InChI is InChI=1S/C24H33N3O2S2/c1-19(2)27(24(30)26-22-9-5-3-6-10-22)18-21-15-13-20(14-16-21)17-25-31(28,29)23-11-7-4-8-12-23/h3-12,19-21,25H,13-18H2,1-2H3,(H,26,30). The van der Waals surface area contributed by atoms with E-state index in [0.29, 0.717) is 29.3 Å². The Morgan fingerprint density at radius 1 is 0.968 bits per heavy atom. The number of thiocarbonyl (C=S) groups is 1. The summed E-state index contributed by atoms with van der Waals surface area (Å²) >= 11 is 5.69. The smallest absolute Gasteiger partial charge is 0.240 e. The van der Waals surface area contributed by atoms with E-state index in [0.717, 1.165) is 43.0 Å². The van der Waals surface area contributed by atoms with Crippen molar-refractivity contribution >= 4 is 33.0 Å². The lowest BCUT2D eigenvalue weighted by Crippen LogP contribution is -2.43. The number of anilines is 1. The third kappa shape index (κ3) is 7.02. The summed E-state index contributed by atoms with van der Waals surface area (Å²) in [5, 5.41) is 4.12. The Morgan fingerprint density at radius 2 is 1.52 bits per heavy atom. The molecule has 1 saturated carbocycles. The highest BCUT2D eigenvalue weighted by Crippen LogP contribution is 2.30. The van der Waals surface area contributed by atoms with Gasteiger partial charge in [0.2, 0.25) is 10.0 Å². The Balaban J connectivity index is 1.47. The summed E-state index contributed by atoms with van der Waals surface area (Å²) in [5.74, 6) is 0.955. The van der Waals surface area contributed by atoms with Gasteiger partial charge in [-0.05, 0) is 87.8 Å². The first kappa shape index (κ1) is 23.7. The first-order valence-electron chi connectivity index (χ1n) is 11.0. The molecule has 1 aliphatic rings. The maximum absolute atomic E-state index is 12.4. The van der Waals surface area contributed by atoms with Crippen molar-refractivity contribution < 1.29 is 8.42 Å². The normalized spacial score (nSPS) is 19.2. The van der Waals surface area contributed by atoms with Crippen LogP contribution in [0.3, 0.4) is 0 Å². The van der Waals surface area contributed by atoms with Gasteiger partial charge in [-0.3, -0.25) is 0 Å². The number of hydrogen-bond donors (Lipinski definition) is 2. The van der Waals surface area contributed by atoms with Gasteiger partial charge in [0.1, 0.15) is 0 Å². The van der Waals surface area contributed by atoms with Crippen molar-refractivity contribution in [3.63, 3.8) is 0 Å². The second-order valence-corrected chi connectivity index (χ2v) is 10.7. The van der Waals surface area contributed by atoms with E-state index < -0.39 is 10.0 Å². The van der Waals surface area contributed by atoms with Gasteiger partial charge in [0.25, 0.3) is 0 Å². The fraction of sp³-hybridized carbons (Fsp3) is 0.458. The van der Waals surface area contributed by atoms with Crippen LogP contribution in [0.25, 0.3) is 0 Å². The van der Waals surface area contributed by atoms with Crippen LogP contribution in [0.4, 0.5) is 5.69 Å². The molecule has 5 nitrogen and oxygen atoms in total. The quantitative estimate of drug-likeness (QED) is 0.551. The van der Waals surface area contributed by atoms with Crippen molar-refractivity contribution in [2.75, 3.05) is 18.4 Å². The summed E-state index contributed by atoms with van der Waals surface area (Å²) in [6.45, 7) is 5.77. The summed E-state index contributed by atoms with van der Waals surface area (Å²) in [6.07, 6.45) is 4.25. The molecule has 0 bridgehead atoms. The minimum atomic E-state index is -3.43. The summed E-state index contributed by atoms with van der Waals surface area (Å²) in [5.41, 5.74) is 1.01. The van der Waals surface area contributed by atoms with Gasteiger partial charge >= 0.3 is 0 Å². The van der Waals surface area contributed by atoms with Crippen LogP contribution in [-0.4, -0.2) is 37.6 Å². The SMILES string of the molecule is CC(C)N(CC1CCC(CNS(=O)(=O)c2ccccc2)CC1)C(=S)Nc1ccccc1. The fourth-order valence-electron chi connectivity index (χ4n) is 4.05. The monoisotopic (exact) mass is 459 g/mol. The van der Waals surface area contributed by atoms with Gasteiger partial charge in [0.05, 0.1) is 4.90 Å². The molecule has 7 heteroatoms. The molecule has 0 aliphatic heterocycles. The Kier molecular flexibility index (Phi) is 8.46. The molecular formula is C24H33N3O2S2. The van der Waals surface area contributed by atoms with Gasteiger partial charge < -0.3 is 10.2 Å². The van der Waals surface area contributed by atoms with Gasteiger partial charge in [-0.15, -0.1) is 0 Å². The van der Waals surface area contributed by atoms with Crippen molar-refractivity contribution in [3.05, 3.63) is 60.7 Å². The highest BCUT2D eigenvalue weighted by atomic mass is 32.2. The van der Waals surface area contributed by atoms with Gasteiger partial charge in [-0.1, -0.05) is 36.4 Å². The van der Waals surface area contributed by atoms with E-state index in [1.807, 2.05) is 36.4 Å². The molecule has 2 aromatic rings. The molecule has 168 valence electrons. The van der Waals surface area contributed by atoms with Crippen LogP contribution in [0.2, 0.25) is 0 Å². The number of hydrogen-bond acceptors (Lipinski definition) is 3. The van der Waals surface area contributed by atoms with E-state index in [2.05, 4.69) is 28.8 Å². The van der Waals surface area contributed by atoms with Crippen molar-refractivity contribution in [1.29, 1.82) is 0 Å². The zero-order chi connectivity index (χ0) is 22.3. The highest BCUT2D eigenvalue weighted by molar-refractivity contribution is 7.89. The van der Waals surface area contributed by atoms with Gasteiger partial charge in [-0.25, -0.2) is 13.1 Å². The molecule has 0 saturated heterocycles. The number of sulfonamides is 1. The number of nitrogens with zero attached hydrogens (tertiary/aromatic N) is 1. The Morgan fingerprint density at radius 3 is 2.10 bits per heavy atom. The lowest BCUT2D eigenvalue weighted by molar-refractivity contribution is 0.215. The van der Waals surface area contributed by atoms with Crippen LogP contribution in [-0.2, 0) is 10.0 Å². The molecule has 0 atom stereocenters. The van der Waals surface area contributed by atoms with E-state index >= 15 is 0 Å². The number of nitrogens with one attached hydrogen (secondary N) is 2. The minimum absolute atomic E-state index is 0.319. The number of rotatable bonds is 8. The van der Waals surface area contributed by atoms with Crippen LogP contribution in [0.1, 0.15) is 39.5 Å². The number of benzene rings is 2. The molecule has 0 unspecified atom stereocenters. The van der Waals surface area contributed by atoms with Crippen molar-refractivity contribution in [2.24, 2.45) is 11.8 Å². The zero-order valence-electron chi connectivity index (χ0n) is 18.3. The van der Waals surface area contributed by atoms with Gasteiger partial charge in [-0.2, -0.15) is 0 Å². The molecule has 0 aromatic heterocycles. The highest BCUT2D eigenvalue weighted by Gasteiger charge is 2.26.